The third-order valence-electron chi connectivity index (χ3n) is 6.26. The molecule has 2 N–H and O–H groups in total. The summed E-state index contributed by atoms with van der Waals surface area (Å²) < 4.78 is 5.43. The van der Waals surface area contributed by atoms with Crippen LogP contribution in [-0.4, -0.2) is 58.7 Å². The van der Waals surface area contributed by atoms with Crippen molar-refractivity contribution in [2.75, 3.05) is 19.8 Å². The molecule has 1 atom stereocenters. The predicted molar refractivity (Wildman–Crippen MR) is 139 cm³/mol. The zero-order chi connectivity index (χ0) is 26.5. The maximum atomic E-state index is 13.6. The first kappa shape index (κ1) is 29.5. The minimum Gasteiger partial charge on any atom is -0.381 e. The minimum atomic E-state index is -1.06. The fourth-order valence-electron chi connectivity index (χ4n) is 4.25. The van der Waals surface area contributed by atoms with E-state index in [0.29, 0.717) is 26.2 Å². The zero-order valence-corrected chi connectivity index (χ0v) is 22.2. The van der Waals surface area contributed by atoms with E-state index in [1.807, 2.05) is 64.1 Å². The maximum absolute atomic E-state index is 13.6. The summed E-state index contributed by atoms with van der Waals surface area (Å²) in [5.74, 6) is -0.672. The molecule has 1 aromatic carbocycles. The number of hydroxylamine groups is 1. The highest BCUT2D eigenvalue weighted by Crippen LogP contribution is 2.23. The Labute approximate surface area is 215 Å². The lowest BCUT2D eigenvalue weighted by Gasteiger charge is -2.41. The van der Waals surface area contributed by atoms with Crippen LogP contribution in [0.4, 0.5) is 0 Å². The molecule has 36 heavy (non-hydrogen) atoms. The van der Waals surface area contributed by atoms with Crippen LogP contribution in [0.2, 0.25) is 0 Å². The molecule has 1 aliphatic heterocycles. The van der Waals surface area contributed by atoms with Crippen LogP contribution in [0.25, 0.3) is 6.08 Å². The van der Waals surface area contributed by atoms with Gasteiger partial charge in [-0.3, -0.25) is 24.6 Å². The molecule has 1 heterocycles. The van der Waals surface area contributed by atoms with Gasteiger partial charge in [-0.1, -0.05) is 70.2 Å². The Morgan fingerprint density at radius 1 is 1.06 bits per heavy atom. The molecule has 2 rings (SSSR count). The second-order valence-corrected chi connectivity index (χ2v) is 10.3. The lowest BCUT2D eigenvalue weighted by atomic mass is 9.96. The number of benzene rings is 1. The molecule has 0 spiro atoms. The van der Waals surface area contributed by atoms with Gasteiger partial charge in [-0.25, -0.2) is 10.5 Å². The SMILES string of the molecule is CC(C)CCC(=O)N([C@@H](CC=Cc1ccccc1)C(=O)NO)N(CC(C)C)C(=O)CC1CCOCC1. The Morgan fingerprint density at radius 3 is 2.31 bits per heavy atom. The van der Waals surface area contributed by atoms with Crippen LogP contribution in [0.15, 0.2) is 36.4 Å². The highest BCUT2D eigenvalue weighted by molar-refractivity contribution is 5.89. The van der Waals surface area contributed by atoms with Crippen LogP contribution in [0, 0.1) is 17.8 Å². The van der Waals surface area contributed by atoms with Gasteiger partial charge in [0.05, 0.1) is 0 Å². The Bertz CT molecular complexity index is 850. The fraction of sp³-hybridized carbons (Fsp3) is 0.607. The van der Waals surface area contributed by atoms with E-state index in [-0.39, 0.29) is 48.8 Å². The van der Waals surface area contributed by atoms with Crippen LogP contribution in [0.3, 0.4) is 0 Å². The van der Waals surface area contributed by atoms with Gasteiger partial charge in [0.2, 0.25) is 11.8 Å². The maximum Gasteiger partial charge on any atom is 0.268 e. The van der Waals surface area contributed by atoms with Crippen LogP contribution >= 0.6 is 0 Å². The van der Waals surface area contributed by atoms with Crippen molar-refractivity contribution in [2.24, 2.45) is 17.8 Å². The topological polar surface area (TPSA) is 99.2 Å². The van der Waals surface area contributed by atoms with Crippen molar-refractivity contribution in [3.8, 4) is 0 Å². The van der Waals surface area contributed by atoms with Crippen LogP contribution < -0.4 is 5.48 Å². The van der Waals surface area contributed by atoms with E-state index in [1.165, 1.54) is 10.0 Å². The highest BCUT2D eigenvalue weighted by atomic mass is 16.5. The molecule has 8 heteroatoms. The lowest BCUT2D eigenvalue weighted by Crippen LogP contribution is -2.59. The van der Waals surface area contributed by atoms with Gasteiger partial charge in [-0.15, -0.1) is 0 Å². The van der Waals surface area contributed by atoms with E-state index in [4.69, 9.17) is 4.74 Å². The average molecular weight is 502 g/mol. The van der Waals surface area contributed by atoms with Gasteiger partial charge in [0.15, 0.2) is 0 Å². The lowest BCUT2D eigenvalue weighted by molar-refractivity contribution is -0.176. The standard InChI is InChI=1S/C28H43N3O5/c1-21(2)13-14-26(32)31(25(28(34)29-35)12-8-11-23-9-6-5-7-10-23)30(20-22(3)4)27(33)19-24-15-17-36-18-16-24/h5-11,21-22,24-25,35H,12-20H2,1-4H3,(H,29,34)/t25-/m0/s1. The summed E-state index contributed by atoms with van der Waals surface area (Å²) >= 11 is 0. The molecule has 0 radical (unpaired) electrons. The summed E-state index contributed by atoms with van der Waals surface area (Å²) in [4.78, 5) is 40.1. The number of nitrogens with one attached hydrogen (secondary N) is 1. The Morgan fingerprint density at radius 2 is 1.72 bits per heavy atom. The molecule has 0 aromatic heterocycles. The van der Waals surface area contributed by atoms with E-state index in [1.54, 1.807) is 11.6 Å². The third-order valence-corrected chi connectivity index (χ3v) is 6.26. The quantitative estimate of drug-likeness (QED) is 0.326. The number of nitrogens with zero attached hydrogens (tertiary/aromatic N) is 2. The predicted octanol–water partition coefficient (Wildman–Crippen LogP) is 4.45. The van der Waals surface area contributed by atoms with E-state index in [2.05, 4.69) is 0 Å². The number of ether oxygens (including phenoxy) is 1. The smallest absolute Gasteiger partial charge is 0.268 e. The largest absolute Gasteiger partial charge is 0.381 e. The summed E-state index contributed by atoms with van der Waals surface area (Å²) in [6, 6.07) is 8.56. The number of carbonyl (C=O) groups is 3. The number of hydrogen-bond donors (Lipinski definition) is 2. The van der Waals surface area contributed by atoms with Crippen LogP contribution in [0.5, 0.6) is 0 Å². The number of rotatable bonds is 12. The van der Waals surface area contributed by atoms with E-state index < -0.39 is 11.9 Å². The monoisotopic (exact) mass is 501 g/mol. The molecule has 1 fully saturated rings. The Kier molecular flexibility index (Phi) is 12.6. The molecule has 8 nitrogen and oxygen atoms in total. The van der Waals surface area contributed by atoms with Crippen molar-refractivity contribution < 1.29 is 24.3 Å². The summed E-state index contributed by atoms with van der Waals surface area (Å²) in [6.07, 6.45) is 6.53. The molecule has 1 aromatic rings. The Balaban J connectivity index is 2.38. The second-order valence-electron chi connectivity index (χ2n) is 10.3. The van der Waals surface area contributed by atoms with E-state index in [9.17, 15) is 19.6 Å². The summed E-state index contributed by atoms with van der Waals surface area (Å²) in [6.45, 7) is 9.55. The van der Waals surface area contributed by atoms with Crippen LogP contribution in [-0.2, 0) is 19.1 Å². The molecule has 0 bridgehead atoms. The van der Waals surface area contributed by atoms with Crippen molar-refractivity contribution >= 4 is 23.8 Å². The van der Waals surface area contributed by atoms with Crippen molar-refractivity contribution in [1.82, 2.24) is 15.5 Å². The van der Waals surface area contributed by atoms with Crippen molar-refractivity contribution in [3.63, 3.8) is 0 Å². The van der Waals surface area contributed by atoms with Gasteiger partial charge in [0, 0.05) is 32.6 Å². The van der Waals surface area contributed by atoms with E-state index >= 15 is 0 Å². The molecule has 200 valence electrons. The molecule has 1 aliphatic rings. The number of carbonyl (C=O) groups excluding carboxylic acids is 3. The average Bonchev–Trinajstić information content (AvgIpc) is 2.86. The van der Waals surface area contributed by atoms with Gasteiger partial charge in [0.25, 0.3) is 5.91 Å². The summed E-state index contributed by atoms with van der Waals surface area (Å²) in [7, 11) is 0. The first-order valence-corrected chi connectivity index (χ1v) is 13.1. The van der Waals surface area contributed by atoms with Gasteiger partial charge in [0.1, 0.15) is 6.04 Å². The van der Waals surface area contributed by atoms with Gasteiger partial charge < -0.3 is 4.74 Å². The third kappa shape index (κ3) is 9.74. The highest BCUT2D eigenvalue weighted by Gasteiger charge is 2.37. The van der Waals surface area contributed by atoms with Gasteiger partial charge >= 0.3 is 0 Å². The van der Waals surface area contributed by atoms with Gasteiger partial charge in [-0.05, 0) is 49.0 Å². The van der Waals surface area contributed by atoms with Crippen LogP contribution in [0.1, 0.15) is 71.8 Å². The van der Waals surface area contributed by atoms with Crippen molar-refractivity contribution in [1.29, 1.82) is 0 Å². The molecule has 1 saturated heterocycles. The second kappa shape index (κ2) is 15.4. The van der Waals surface area contributed by atoms with E-state index in [0.717, 1.165) is 18.4 Å². The van der Waals surface area contributed by atoms with Crippen molar-refractivity contribution in [2.45, 2.75) is 72.3 Å². The van der Waals surface area contributed by atoms with Crippen molar-refractivity contribution in [3.05, 3.63) is 42.0 Å². The van der Waals surface area contributed by atoms with Gasteiger partial charge in [-0.2, -0.15) is 0 Å². The number of hydrogen-bond acceptors (Lipinski definition) is 5. The minimum absolute atomic E-state index is 0.0711. The Hall–Kier alpha value is -2.71. The number of amides is 3. The summed E-state index contributed by atoms with van der Waals surface area (Å²) in [5, 5.41) is 12.3. The molecule has 0 unspecified atom stereocenters. The fourth-order valence-corrected chi connectivity index (χ4v) is 4.25. The molecule has 0 saturated carbocycles. The normalized spacial score (nSPS) is 15.3. The first-order chi connectivity index (χ1) is 17.2. The first-order valence-electron chi connectivity index (χ1n) is 13.1. The molecule has 3 amide bonds. The zero-order valence-electron chi connectivity index (χ0n) is 22.2. The molecular weight excluding hydrogens is 458 g/mol. The molecule has 0 aliphatic carbocycles. The summed E-state index contributed by atoms with van der Waals surface area (Å²) in [5.41, 5.74) is 2.67. The number of hydrazine groups is 1. The molecular formula is C28H43N3O5.